The molecule has 0 saturated carbocycles. The van der Waals surface area contributed by atoms with Crippen LogP contribution in [0.15, 0.2) is 55.1 Å². The largest absolute Gasteiger partial charge is 0.460 e. The molecule has 0 spiro atoms. The van der Waals surface area contributed by atoms with Gasteiger partial charge in [0, 0.05) is 11.6 Å². The van der Waals surface area contributed by atoms with E-state index in [-0.39, 0.29) is 19.2 Å². The third-order valence-electron chi connectivity index (χ3n) is 2.06. The molecule has 21 heavy (non-hydrogen) atoms. The number of aliphatic hydroxyl groups is 1. The molecule has 0 atom stereocenters. The van der Waals surface area contributed by atoms with Gasteiger partial charge in [-0.3, -0.25) is 0 Å². The summed E-state index contributed by atoms with van der Waals surface area (Å²) in [6, 6.07) is 9.55. The lowest BCUT2D eigenvalue weighted by Crippen LogP contribution is -2.04. The number of hydrogen-bond acceptors (Lipinski definition) is 5. The second-order valence-corrected chi connectivity index (χ2v) is 3.94. The molecule has 0 bridgehead atoms. The lowest BCUT2D eigenvalue weighted by atomic mass is 10.2. The molecule has 0 heterocycles. The van der Waals surface area contributed by atoms with Gasteiger partial charge in [0.15, 0.2) is 0 Å². The van der Waals surface area contributed by atoms with Crippen molar-refractivity contribution in [2.75, 3.05) is 13.2 Å². The van der Waals surface area contributed by atoms with Crippen LogP contribution in [0.3, 0.4) is 0 Å². The van der Waals surface area contributed by atoms with E-state index < -0.39 is 5.97 Å². The van der Waals surface area contributed by atoms with Gasteiger partial charge < -0.3 is 14.6 Å². The minimum atomic E-state index is -0.501. The summed E-state index contributed by atoms with van der Waals surface area (Å²) >= 11 is 0. The molecule has 1 aromatic rings. The fourth-order valence-corrected chi connectivity index (χ4v) is 1.05. The van der Waals surface area contributed by atoms with Gasteiger partial charge in [-0.2, -0.15) is 0 Å². The van der Waals surface area contributed by atoms with Crippen LogP contribution in [0, 0.1) is 0 Å². The van der Waals surface area contributed by atoms with Crippen molar-refractivity contribution >= 4 is 11.9 Å². The maximum atomic E-state index is 11.0. The Morgan fingerprint density at radius 3 is 2.33 bits per heavy atom. The van der Waals surface area contributed by atoms with Crippen LogP contribution >= 0.6 is 0 Å². The average Bonchev–Trinajstić information content (AvgIpc) is 2.51. The molecule has 0 amide bonds. The highest BCUT2D eigenvalue weighted by Crippen LogP contribution is 2.02. The standard InChI is InChI=1S/C11H12O2.C5H8O3/c1-9(2)11(12)13-8-10-6-4-3-5-7-10;1-2-5(7)8-4-3-6/h3-7H,1,8H2,2H3;2,6H,1,3-4H2. The van der Waals surface area contributed by atoms with Crippen LogP contribution in [0.5, 0.6) is 0 Å². The van der Waals surface area contributed by atoms with Crippen molar-refractivity contribution in [1.29, 1.82) is 0 Å². The lowest BCUT2D eigenvalue weighted by molar-refractivity contribution is -0.140. The molecule has 0 aromatic heterocycles. The fourth-order valence-electron chi connectivity index (χ4n) is 1.05. The van der Waals surface area contributed by atoms with Gasteiger partial charge in [-0.05, 0) is 12.5 Å². The third kappa shape index (κ3) is 10.1. The Hall–Kier alpha value is -2.40. The molecule has 0 saturated heterocycles. The van der Waals surface area contributed by atoms with Crippen LogP contribution in [0.2, 0.25) is 0 Å². The van der Waals surface area contributed by atoms with Crippen molar-refractivity contribution in [3.05, 3.63) is 60.7 Å². The Bertz CT molecular complexity index is 465. The summed E-state index contributed by atoms with van der Waals surface area (Å²) in [6.07, 6.45) is 1.05. The van der Waals surface area contributed by atoms with E-state index in [9.17, 15) is 9.59 Å². The van der Waals surface area contributed by atoms with Gasteiger partial charge in [0.05, 0.1) is 6.61 Å². The second kappa shape index (κ2) is 11.4. The van der Waals surface area contributed by atoms with E-state index in [1.807, 2.05) is 30.3 Å². The van der Waals surface area contributed by atoms with Crippen molar-refractivity contribution in [1.82, 2.24) is 0 Å². The van der Waals surface area contributed by atoms with Crippen molar-refractivity contribution in [2.24, 2.45) is 0 Å². The molecule has 0 aliphatic rings. The van der Waals surface area contributed by atoms with E-state index in [0.29, 0.717) is 12.2 Å². The summed E-state index contributed by atoms with van der Waals surface area (Å²) < 4.78 is 9.28. The molecule has 114 valence electrons. The first kappa shape index (κ1) is 18.6. The maximum Gasteiger partial charge on any atom is 0.333 e. The van der Waals surface area contributed by atoms with Crippen LogP contribution in [-0.4, -0.2) is 30.3 Å². The molecule has 0 radical (unpaired) electrons. The maximum absolute atomic E-state index is 11.0. The number of aliphatic hydroxyl groups excluding tert-OH is 1. The highest BCUT2D eigenvalue weighted by atomic mass is 16.5. The minimum absolute atomic E-state index is 0.0465. The van der Waals surface area contributed by atoms with E-state index in [1.54, 1.807) is 6.92 Å². The zero-order valence-electron chi connectivity index (χ0n) is 12.1. The molecule has 1 aromatic carbocycles. The van der Waals surface area contributed by atoms with Gasteiger partial charge in [0.25, 0.3) is 0 Å². The Morgan fingerprint density at radius 2 is 1.86 bits per heavy atom. The molecule has 0 fully saturated rings. The molecular weight excluding hydrogens is 272 g/mol. The van der Waals surface area contributed by atoms with Crippen LogP contribution in [0.4, 0.5) is 0 Å². The number of carbonyl (C=O) groups excluding carboxylic acids is 2. The molecule has 5 nitrogen and oxygen atoms in total. The van der Waals surface area contributed by atoms with Crippen molar-refractivity contribution in [3.8, 4) is 0 Å². The fraction of sp³-hybridized carbons (Fsp3) is 0.250. The number of benzene rings is 1. The molecule has 1 N–H and O–H groups in total. The highest BCUT2D eigenvalue weighted by Gasteiger charge is 2.02. The van der Waals surface area contributed by atoms with Gasteiger partial charge in [-0.15, -0.1) is 0 Å². The predicted molar refractivity (Wildman–Crippen MR) is 79.3 cm³/mol. The summed E-state index contributed by atoms with van der Waals surface area (Å²) in [5.41, 5.74) is 1.41. The van der Waals surface area contributed by atoms with Crippen LogP contribution in [0.1, 0.15) is 12.5 Å². The SMILES string of the molecule is C=C(C)C(=O)OCc1ccccc1.C=CC(=O)OCCO. The van der Waals surface area contributed by atoms with E-state index in [2.05, 4.69) is 17.9 Å². The van der Waals surface area contributed by atoms with Gasteiger partial charge in [0.2, 0.25) is 0 Å². The first-order valence-corrected chi connectivity index (χ1v) is 6.27. The number of hydrogen-bond donors (Lipinski definition) is 1. The zero-order valence-corrected chi connectivity index (χ0v) is 12.1. The number of esters is 2. The first-order valence-electron chi connectivity index (χ1n) is 6.27. The Labute approximate surface area is 124 Å². The Kier molecular flexibility index (Phi) is 10.1. The number of carbonyl (C=O) groups is 2. The topological polar surface area (TPSA) is 72.8 Å². The monoisotopic (exact) mass is 292 g/mol. The van der Waals surface area contributed by atoms with Gasteiger partial charge in [-0.1, -0.05) is 43.5 Å². The van der Waals surface area contributed by atoms with Gasteiger partial charge >= 0.3 is 11.9 Å². The Morgan fingerprint density at radius 1 is 1.24 bits per heavy atom. The van der Waals surface area contributed by atoms with E-state index in [1.165, 1.54) is 0 Å². The van der Waals surface area contributed by atoms with Crippen LogP contribution in [0.25, 0.3) is 0 Å². The van der Waals surface area contributed by atoms with E-state index in [4.69, 9.17) is 9.84 Å². The minimum Gasteiger partial charge on any atom is -0.460 e. The zero-order chi connectivity index (χ0) is 16.1. The Balaban J connectivity index is 0.000000433. The second-order valence-electron chi connectivity index (χ2n) is 3.94. The quantitative estimate of drug-likeness (QED) is 0.641. The summed E-state index contributed by atoms with van der Waals surface area (Å²) in [5, 5.41) is 8.10. The number of rotatable bonds is 6. The highest BCUT2D eigenvalue weighted by molar-refractivity contribution is 5.86. The molecule has 0 aliphatic carbocycles. The molecule has 1 rings (SSSR count). The van der Waals surface area contributed by atoms with Crippen LogP contribution in [-0.2, 0) is 25.7 Å². The summed E-state index contributed by atoms with van der Waals surface area (Å²) in [5.74, 6) is -0.845. The van der Waals surface area contributed by atoms with Gasteiger partial charge in [0.1, 0.15) is 13.2 Å². The smallest absolute Gasteiger partial charge is 0.333 e. The molecule has 0 aliphatic heterocycles. The number of ether oxygens (including phenoxy) is 2. The molecule has 0 unspecified atom stereocenters. The third-order valence-corrected chi connectivity index (χ3v) is 2.06. The van der Waals surface area contributed by atoms with Crippen molar-refractivity contribution in [2.45, 2.75) is 13.5 Å². The lowest BCUT2D eigenvalue weighted by Gasteiger charge is -2.03. The van der Waals surface area contributed by atoms with Crippen molar-refractivity contribution in [3.63, 3.8) is 0 Å². The molecular formula is C16H20O5. The summed E-state index contributed by atoms with van der Waals surface area (Å²) in [6.45, 7) is 8.50. The molecule has 5 heteroatoms. The van der Waals surface area contributed by atoms with E-state index >= 15 is 0 Å². The van der Waals surface area contributed by atoms with Gasteiger partial charge in [-0.25, -0.2) is 9.59 Å². The first-order chi connectivity index (χ1) is 10.0. The van der Waals surface area contributed by atoms with E-state index in [0.717, 1.165) is 11.6 Å². The summed E-state index contributed by atoms with van der Waals surface area (Å²) in [7, 11) is 0. The summed E-state index contributed by atoms with van der Waals surface area (Å²) in [4.78, 5) is 21.1. The predicted octanol–water partition coefficient (Wildman–Crippen LogP) is 2.01. The van der Waals surface area contributed by atoms with Crippen molar-refractivity contribution < 1.29 is 24.2 Å². The van der Waals surface area contributed by atoms with Crippen LogP contribution < -0.4 is 0 Å². The average molecular weight is 292 g/mol. The normalized spacial score (nSPS) is 8.86.